The molecule has 0 amide bonds. The first-order chi connectivity index (χ1) is 13.0. The molecule has 1 aromatic carbocycles. The molecule has 148 valence electrons. The van der Waals surface area contributed by atoms with E-state index in [9.17, 15) is 20.3 Å². The Labute approximate surface area is 155 Å². The molecule has 0 unspecified atom stereocenters. The minimum atomic E-state index is -1.32. The van der Waals surface area contributed by atoms with Gasteiger partial charge in [0.25, 0.3) is 5.69 Å². The average molecular weight is 381 g/mol. The summed E-state index contributed by atoms with van der Waals surface area (Å²) in [5, 5.41) is 31.7. The molecule has 4 rings (SSSR count). The van der Waals surface area contributed by atoms with E-state index < -0.39 is 41.4 Å². The lowest BCUT2D eigenvalue weighted by atomic mass is 9.90. The van der Waals surface area contributed by atoms with E-state index in [1.807, 2.05) is 0 Å². The standard InChI is InChI=1S/C18H23NO8/c20-14-15(21)17(25-12-6-4-11(5-7-12)19(22)23)26-13-10-24-18(27-16(13)14)8-2-1-3-9-18/h4-7,13-17,20-21H,1-3,8-10H2/t13-,14-,15-,16+,17-/m1/s1. The minimum absolute atomic E-state index is 0.0700. The van der Waals surface area contributed by atoms with Crippen LogP contribution in [0.2, 0.25) is 0 Å². The van der Waals surface area contributed by atoms with Crippen molar-refractivity contribution in [3.63, 3.8) is 0 Å². The van der Waals surface area contributed by atoms with Crippen LogP contribution in [0.3, 0.4) is 0 Å². The predicted octanol–water partition coefficient (Wildman–Crippen LogP) is 1.50. The normalized spacial score (nSPS) is 35.4. The molecule has 2 saturated heterocycles. The zero-order chi connectivity index (χ0) is 19.0. The van der Waals surface area contributed by atoms with Gasteiger partial charge in [-0.2, -0.15) is 0 Å². The van der Waals surface area contributed by atoms with E-state index >= 15 is 0 Å². The Bertz CT molecular complexity index is 672. The second-order valence-electron chi connectivity index (χ2n) is 7.26. The topological polar surface area (TPSA) is 121 Å². The van der Waals surface area contributed by atoms with Crippen molar-refractivity contribution in [2.24, 2.45) is 0 Å². The molecule has 3 aliphatic rings. The predicted molar refractivity (Wildman–Crippen MR) is 91.0 cm³/mol. The van der Waals surface area contributed by atoms with E-state index in [1.54, 1.807) is 0 Å². The highest BCUT2D eigenvalue weighted by atomic mass is 16.8. The maximum Gasteiger partial charge on any atom is 0.269 e. The maximum absolute atomic E-state index is 10.7. The second kappa shape index (κ2) is 7.33. The van der Waals surface area contributed by atoms with Crippen LogP contribution in [0, 0.1) is 10.1 Å². The molecular formula is C18H23NO8. The van der Waals surface area contributed by atoms with E-state index in [0.29, 0.717) is 0 Å². The molecule has 1 aromatic rings. The Morgan fingerprint density at radius 2 is 1.81 bits per heavy atom. The molecular weight excluding hydrogens is 358 g/mol. The van der Waals surface area contributed by atoms with Crippen LogP contribution in [0.1, 0.15) is 32.1 Å². The molecule has 5 atom stereocenters. The van der Waals surface area contributed by atoms with Crippen molar-refractivity contribution in [3.8, 4) is 5.75 Å². The average Bonchev–Trinajstić information content (AvgIpc) is 2.68. The van der Waals surface area contributed by atoms with Crippen molar-refractivity contribution in [2.75, 3.05) is 6.61 Å². The summed E-state index contributed by atoms with van der Waals surface area (Å²) in [7, 11) is 0. The Morgan fingerprint density at radius 1 is 1.11 bits per heavy atom. The van der Waals surface area contributed by atoms with Gasteiger partial charge in [0.05, 0.1) is 11.5 Å². The molecule has 1 spiro atoms. The van der Waals surface area contributed by atoms with Gasteiger partial charge in [-0.05, 0) is 25.0 Å². The Morgan fingerprint density at radius 3 is 2.48 bits per heavy atom. The summed E-state index contributed by atoms with van der Waals surface area (Å²) in [6.45, 7) is 0.245. The third-order valence-corrected chi connectivity index (χ3v) is 5.42. The first-order valence-corrected chi connectivity index (χ1v) is 9.22. The largest absolute Gasteiger partial charge is 0.462 e. The Balaban J connectivity index is 1.43. The van der Waals surface area contributed by atoms with Crippen molar-refractivity contribution in [1.82, 2.24) is 0 Å². The number of fused-ring (bicyclic) bond motifs is 1. The summed E-state index contributed by atoms with van der Waals surface area (Å²) in [6, 6.07) is 5.42. The molecule has 1 saturated carbocycles. The van der Waals surface area contributed by atoms with Crippen molar-refractivity contribution in [1.29, 1.82) is 0 Å². The van der Waals surface area contributed by atoms with E-state index in [2.05, 4.69) is 0 Å². The van der Waals surface area contributed by atoms with Crippen molar-refractivity contribution in [2.45, 2.75) is 68.6 Å². The number of ether oxygens (including phenoxy) is 4. The van der Waals surface area contributed by atoms with Crippen LogP contribution in [-0.2, 0) is 14.2 Å². The lowest BCUT2D eigenvalue weighted by molar-refractivity contribution is -0.388. The zero-order valence-corrected chi connectivity index (χ0v) is 14.7. The first-order valence-electron chi connectivity index (χ1n) is 9.22. The van der Waals surface area contributed by atoms with Crippen LogP contribution in [0.5, 0.6) is 5.75 Å². The van der Waals surface area contributed by atoms with Crippen molar-refractivity contribution in [3.05, 3.63) is 34.4 Å². The minimum Gasteiger partial charge on any atom is -0.462 e. The van der Waals surface area contributed by atoms with Gasteiger partial charge in [-0.15, -0.1) is 0 Å². The Kier molecular flexibility index (Phi) is 5.04. The van der Waals surface area contributed by atoms with Gasteiger partial charge in [-0.3, -0.25) is 10.1 Å². The summed E-state index contributed by atoms with van der Waals surface area (Å²) in [6.07, 6.45) is -0.225. The van der Waals surface area contributed by atoms with Crippen molar-refractivity contribution >= 4 is 5.69 Å². The van der Waals surface area contributed by atoms with Gasteiger partial charge in [0.15, 0.2) is 5.79 Å². The van der Waals surface area contributed by atoms with Gasteiger partial charge < -0.3 is 29.2 Å². The van der Waals surface area contributed by atoms with E-state index in [4.69, 9.17) is 18.9 Å². The lowest BCUT2D eigenvalue weighted by Gasteiger charge is -2.51. The summed E-state index contributed by atoms with van der Waals surface area (Å²) in [5.41, 5.74) is -0.0700. The number of hydrogen-bond acceptors (Lipinski definition) is 8. The van der Waals surface area contributed by atoms with Crippen LogP contribution in [0.25, 0.3) is 0 Å². The zero-order valence-electron chi connectivity index (χ0n) is 14.7. The van der Waals surface area contributed by atoms with Crippen LogP contribution < -0.4 is 4.74 Å². The first kappa shape index (κ1) is 18.6. The highest BCUT2D eigenvalue weighted by Crippen LogP contribution is 2.40. The van der Waals surface area contributed by atoms with Crippen LogP contribution >= 0.6 is 0 Å². The molecule has 2 aliphatic heterocycles. The number of aliphatic hydroxyl groups excluding tert-OH is 2. The monoisotopic (exact) mass is 381 g/mol. The fourth-order valence-electron chi connectivity index (χ4n) is 3.93. The molecule has 0 aromatic heterocycles. The number of rotatable bonds is 3. The Hall–Kier alpha value is -1.78. The molecule has 27 heavy (non-hydrogen) atoms. The highest BCUT2D eigenvalue weighted by molar-refractivity contribution is 5.36. The number of aliphatic hydroxyl groups is 2. The fraction of sp³-hybridized carbons (Fsp3) is 0.667. The second-order valence-corrected chi connectivity index (χ2v) is 7.26. The summed E-state index contributed by atoms with van der Waals surface area (Å²) in [4.78, 5) is 10.2. The molecule has 9 heteroatoms. The smallest absolute Gasteiger partial charge is 0.269 e. The quantitative estimate of drug-likeness (QED) is 0.597. The van der Waals surface area contributed by atoms with E-state index in [0.717, 1.165) is 32.1 Å². The van der Waals surface area contributed by atoms with Gasteiger partial charge in [-0.25, -0.2) is 0 Å². The molecule has 2 heterocycles. The van der Waals surface area contributed by atoms with E-state index in [-0.39, 0.29) is 18.0 Å². The number of hydrogen-bond donors (Lipinski definition) is 2. The third kappa shape index (κ3) is 3.65. The molecule has 2 N–H and O–H groups in total. The van der Waals surface area contributed by atoms with Gasteiger partial charge in [0.2, 0.25) is 6.29 Å². The van der Waals surface area contributed by atoms with Gasteiger partial charge >= 0.3 is 0 Å². The van der Waals surface area contributed by atoms with Crippen LogP contribution in [-0.4, -0.2) is 58.2 Å². The molecule has 0 bridgehead atoms. The maximum atomic E-state index is 10.7. The van der Waals surface area contributed by atoms with Gasteiger partial charge in [0.1, 0.15) is 30.2 Å². The molecule has 0 radical (unpaired) electrons. The number of non-ortho nitro benzene ring substituents is 1. The van der Waals surface area contributed by atoms with E-state index in [1.165, 1.54) is 24.3 Å². The summed E-state index contributed by atoms with van der Waals surface area (Å²) in [5.74, 6) is -0.410. The summed E-state index contributed by atoms with van der Waals surface area (Å²) >= 11 is 0. The third-order valence-electron chi connectivity index (χ3n) is 5.42. The van der Waals surface area contributed by atoms with Crippen LogP contribution in [0.15, 0.2) is 24.3 Å². The molecule has 1 aliphatic carbocycles. The number of nitrogens with zero attached hydrogens (tertiary/aromatic N) is 1. The SMILES string of the molecule is O=[N+]([O-])c1ccc(O[C@@H]2O[C@@H]3COC4(CCCCC4)O[C@@H]3[C@H](O)[C@H]2O)cc1. The summed E-state index contributed by atoms with van der Waals surface area (Å²) < 4.78 is 23.3. The number of benzene rings is 1. The van der Waals surface area contributed by atoms with Gasteiger partial charge in [-0.1, -0.05) is 6.42 Å². The molecule has 3 fully saturated rings. The van der Waals surface area contributed by atoms with Crippen molar-refractivity contribution < 1.29 is 34.1 Å². The fourth-order valence-corrected chi connectivity index (χ4v) is 3.93. The number of nitro groups is 1. The van der Waals surface area contributed by atoms with Gasteiger partial charge in [0, 0.05) is 25.0 Å². The molecule has 9 nitrogen and oxygen atoms in total. The lowest BCUT2D eigenvalue weighted by Crippen LogP contribution is -2.66. The van der Waals surface area contributed by atoms with Crippen LogP contribution in [0.4, 0.5) is 5.69 Å². The number of nitro benzene ring substituents is 1. The highest BCUT2D eigenvalue weighted by Gasteiger charge is 2.53.